The Bertz CT molecular complexity index is 1940. The minimum absolute atomic E-state index is 0.447. The van der Waals surface area contributed by atoms with Crippen LogP contribution in [0.25, 0.3) is 0 Å². The Hall–Kier alpha value is -1.10. The standard InChI is InChI=1S/C16H18OSi.C11H16OSi.C10H22OSi.2C8H18OSi.C7H16OSi.C6H14OSi/c1-3-9-15(10-4-1)18(14-8-7-13-17-18)16-11-5-2-6-12-16;1-13(10-6-5-9-12-13)11-7-3-2-4-8-11;1-3-8-12(9-4-2)10-6-5-7-11-12;1-8(2)5-6-10(3,4)9-7-8;1-3-10(4-2)8-6-5-7-9-10;1-7-5-4-6-8-9(7,2)3;1-8(2)6-4-3-5-7-8/h1-6,9-12H,7-8,13-14H2;2-4,7-8H,5-6,9-10H2,1H3;3-10H2,1-2H3;5-7H2,1-4H3;3-8H2,1-2H3;7H,4-6H2,1-3H3;3-6H2,1-2H3. The minimum Gasteiger partial charge on any atom is -0.417 e. The van der Waals surface area contributed by atoms with Gasteiger partial charge in [0.25, 0.3) is 8.32 Å². The summed E-state index contributed by atoms with van der Waals surface area (Å²) in [5, 5.41) is 4.28. The Kier molecular flexibility index (Phi) is 32.2. The number of rotatable bonds is 9. The van der Waals surface area contributed by atoms with Crippen molar-refractivity contribution in [2.24, 2.45) is 5.41 Å². The van der Waals surface area contributed by atoms with Gasteiger partial charge in [0.2, 0.25) is 8.32 Å². The summed E-state index contributed by atoms with van der Waals surface area (Å²) in [4.78, 5) is 0. The molecule has 0 aromatic heterocycles. The highest BCUT2D eigenvalue weighted by molar-refractivity contribution is 6.97. The smallest absolute Gasteiger partial charge is 0.255 e. The Balaban J connectivity index is 0.000000204. The zero-order valence-corrected chi connectivity index (χ0v) is 61.2. The van der Waals surface area contributed by atoms with E-state index in [0.717, 1.165) is 51.8 Å². The van der Waals surface area contributed by atoms with Gasteiger partial charge in [-0.1, -0.05) is 184 Å². The largest absolute Gasteiger partial charge is 0.417 e. The molecule has 0 N–H and O–H groups in total. The van der Waals surface area contributed by atoms with Gasteiger partial charge in [0.05, 0.1) is 0 Å². The van der Waals surface area contributed by atoms with E-state index in [1.165, 1.54) is 172 Å². The Morgan fingerprint density at radius 3 is 1.15 bits per heavy atom. The molecule has 3 aromatic rings. The van der Waals surface area contributed by atoms with E-state index in [4.69, 9.17) is 31.0 Å². The molecule has 7 aliphatic heterocycles. The van der Waals surface area contributed by atoms with Crippen LogP contribution >= 0.6 is 0 Å². The molecule has 0 spiro atoms. The summed E-state index contributed by atoms with van der Waals surface area (Å²) in [5.41, 5.74) is 1.31. The van der Waals surface area contributed by atoms with Crippen molar-refractivity contribution in [1.82, 2.24) is 0 Å². The highest BCUT2D eigenvalue weighted by atomic mass is 28.4. The van der Waals surface area contributed by atoms with Crippen LogP contribution in [0.5, 0.6) is 0 Å². The lowest BCUT2D eigenvalue weighted by atomic mass is 9.92. The molecule has 2 atom stereocenters. The predicted molar refractivity (Wildman–Crippen MR) is 364 cm³/mol. The van der Waals surface area contributed by atoms with Crippen molar-refractivity contribution < 1.29 is 31.0 Å². The summed E-state index contributed by atoms with van der Waals surface area (Å²) in [6.45, 7) is 39.3. The Morgan fingerprint density at radius 1 is 0.412 bits per heavy atom. The van der Waals surface area contributed by atoms with E-state index in [9.17, 15) is 0 Å². The summed E-state index contributed by atoms with van der Waals surface area (Å²) in [5.74, 6) is 0. The second-order valence-corrected chi connectivity index (χ2v) is 56.5. The zero-order chi connectivity index (χ0) is 58.5. The second kappa shape index (κ2) is 36.1. The zero-order valence-electron chi connectivity index (χ0n) is 54.2. The molecule has 0 radical (unpaired) electrons. The first kappa shape index (κ1) is 71.4. The predicted octanol–water partition coefficient (Wildman–Crippen LogP) is 18.2. The first-order valence-corrected chi connectivity index (χ1v) is 51.8. The molecule has 10 rings (SSSR count). The molecule has 3 aromatic carbocycles. The van der Waals surface area contributed by atoms with E-state index < -0.39 is 58.2 Å². The Labute approximate surface area is 500 Å². The topological polar surface area (TPSA) is 64.6 Å². The van der Waals surface area contributed by atoms with E-state index in [0.29, 0.717) is 5.41 Å². The highest BCUT2D eigenvalue weighted by Gasteiger charge is 2.41. The average Bonchev–Trinajstić information content (AvgIpc) is 3.50. The van der Waals surface area contributed by atoms with Gasteiger partial charge in [0, 0.05) is 46.2 Å². The SMILES string of the molecule is CC1(C)CC[Si](C)(C)OC1.CC1CCCO[Si]1(C)C.CCC[Si]1(CCC)CCCCO1.CC[Si]1(CC)CCCCO1.C[Si]1(C)CCCCO1.C[Si]1(c2ccccc2)CCCCO1.c1ccc([Si]2(c3ccccc3)CCCCO2)cc1. The molecule has 7 heterocycles. The molecule has 7 aliphatic rings. The second-order valence-electron chi connectivity index (χ2n) is 27.2. The molecule has 0 aliphatic carbocycles. The van der Waals surface area contributed by atoms with Crippen LogP contribution in [0.2, 0.25) is 112 Å². The van der Waals surface area contributed by atoms with Gasteiger partial charge in [0.15, 0.2) is 41.6 Å². The maximum atomic E-state index is 6.38. The molecule has 14 heteroatoms. The van der Waals surface area contributed by atoms with Crippen LogP contribution < -0.4 is 15.6 Å². The maximum absolute atomic E-state index is 6.38. The lowest BCUT2D eigenvalue weighted by Crippen LogP contribution is -2.62. The molecule has 80 heavy (non-hydrogen) atoms. The molecule has 2 unspecified atom stereocenters. The van der Waals surface area contributed by atoms with Crippen molar-refractivity contribution >= 4 is 73.8 Å². The van der Waals surface area contributed by atoms with E-state index >= 15 is 0 Å². The summed E-state index contributed by atoms with van der Waals surface area (Å²) in [6.07, 6.45) is 19.9. The van der Waals surface area contributed by atoms with Crippen molar-refractivity contribution in [1.29, 1.82) is 0 Å². The van der Waals surface area contributed by atoms with E-state index in [1.807, 2.05) is 0 Å². The van der Waals surface area contributed by atoms with Gasteiger partial charge < -0.3 is 31.0 Å². The van der Waals surface area contributed by atoms with Crippen LogP contribution in [0.4, 0.5) is 0 Å². The van der Waals surface area contributed by atoms with Gasteiger partial charge in [0.1, 0.15) is 0 Å². The average molecular weight is 1220 g/mol. The van der Waals surface area contributed by atoms with Gasteiger partial charge in [-0.15, -0.1) is 0 Å². The van der Waals surface area contributed by atoms with Gasteiger partial charge >= 0.3 is 0 Å². The van der Waals surface area contributed by atoms with Crippen molar-refractivity contribution in [3.63, 3.8) is 0 Å². The van der Waals surface area contributed by atoms with Crippen LogP contribution in [0.15, 0.2) is 91.0 Å². The lowest BCUT2D eigenvalue weighted by molar-refractivity contribution is 0.140. The molecular weight excluding hydrogens is 1100 g/mol. The van der Waals surface area contributed by atoms with Crippen molar-refractivity contribution in [2.45, 2.75) is 257 Å². The van der Waals surface area contributed by atoms with Crippen molar-refractivity contribution in [3.8, 4) is 0 Å². The van der Waals surface area contributed by atoms with Gasteiger partial charge in [-0.3, -0.25) is 0 Å². The minimum atomic E-state index is -1.93. The van der Waals surface area contributed by atoms with Crippen LogP contribution in [0, 0.1) is 5.41 Å². The van der Waals surface area contributed by atoms with Crippen LogP contribution in [-0.4, -0.2) is 104 Å². The summed E-state index contributed by atoms with van der Waals surface area (Å²) < 4.78 is 41.5. The molecule has 456 valence electrons. The van der Waals surface area contributed by atoms with Gasteiger partial charge in [-0.2, -0.15) is 0 Å². The lowest BCUT2D eigenvalue weighted by Gasteiger charge is -2.38. The van der Waals surface area contributed by atoms with Crippen molar-refractivity contribution in [3.05, 3.63) is 91.0 Å². The summed E-state index contributed by atoms with van der Waals surface area (Å²) >= 11 is 0. The third-order valence-corrected chi connectivity index (χ3v) is 44.6. The summed E-state index contributed by atoms with van der Waals surface area (Å²) in [7, 11) is -9.22. The quantitative estimate of drug-likeness (QED) is 0.198. The first-order valence-electron chi connectivity index (χ1n) is 32.8. The monoisotopic (exact) mass is 1220 g/mol. The third-order valence-electron chi connectivity index (χ3n) is 18.5. The fourth-order valence-corrected chi connectivity index (χ4v) is 33.1. The van der Waals surface area contributed by atoms with Gasteiger partial charge in [-0.25, -0.2) is 0 Å². The summed E-state index contributed by atoms with van der Waals surface area (Å²) in [6, 6.07) is 45.9. The molecule has 7 saturated heterocycles. The Morgan fingerprint density at radius 2 is 0.838 bits per heavy atom. The van der Waals surface area contributed by atoms with Crippen LogP contribution in [0.1, 0.15) is 145 Å². The van der Waals surface area contributed by atoms with Gasteiger partial charge in [-0.05, 0) is 184 Å². The first-order chi connectivity index (χ1) is 38.1. The number of hydrogen-bond donors (Lipinski definition) is 0. The van der Waals surface area contributed by atoms with Crippen LogP contribution in [0.3, 0.4) is 0 Å². The molecule has 7 fully saturated rings. The third kappa shape index (κ3) is 25.1. The molecule has 0 saturated carbocycles. The van der Waals surface area contributed by atoms with Crippen LogP contribution in [-0.2, 0) is 31.0 Å². The molecule has 7 nitrogen and oxygen atoms in total. The highest BCUT2D eigenvalue weighted by Crippen LogP contribution is 2.35. The fourth-order valence-electron chi connectivity index (χ4n) is 12.3. The fraction of sp³-hybridized carbons (Fsp3) is 0.727. The van der Waals surface area contributed by atoms with E-state index in [1.54, 1.807) is 0 Å². The van der Waals surface area contributed by atoms with E-state index in [-0.39, 0.29) is 0 Å². The molecule has 0 bridgehead atoms. The molecular formula is C66H122O7Si7. The number of benzene rings is 3. The van der Waals surface area contributed by atoms with Crippen molar-refractivity contribution in [2.75, 3.05) is 46.2 Å². The van der Waals surface area contributed by atoms with E-state index in [2.05, 4.69) is 185 Å². The normalized spacial score (nSPS) is 25.6. The molecule has 0 amide bonds. The maximum Gasteiger partial charge on any atom is 0.255 e. The number of hydrogen-bond acceptors (Lipinski definition) is 7.